The number of hydrogen-bond acceptors (Lipinski definition) is 1. The minimum Gasteiger partial charge on any atom is -0.352 e. The molecule has 1 heterocycles. The third-order valence-electron chi connectivity index (χ3n) is 4.10. The molecule has 3 aromatic rings. The summed E-state index contributed by atoms with van der Waals surface area (Å²) in [4.78, 5) is 14.3. The van der Waals surface area contributed by atoms with Gasteiger partial charge in [-0.05, 0) is 45.3 Å². The van der Waals surface area contributed by atoms with E-state index in [9.17, 15) is 9.18 Å². The lowest BCUT2D eigenvalue weighted by molar-refractivity contribution is -0.114. The Labute approximate surface area is 145 Å². The van der Waals surface area contributed by atoms with Gasteiger partial charge in [0.2, 0.25) is 5.91 Å². The van der Waals surface area contributed by atoms with Crippen LogP contribution >= 0.6 is 27.5 Å². The van der Waals surface area contributed by atoms with E-state index >= 15 is 0 Å². The summed E-state index contributed by atoms with van der Waals surface area (Å²) in [7, 11) is 0. The van der Waals surface area contributed by atoms with Crippen molar-refractivity contribution >= 4 is 50.0 Å². The van der Waals surface area contributed by atoms with E-state index in [-0.39, 0.29) is 10.9 Å². The number of carbonyl (C=O) groups is 1. The van der Waals surface area contributed by atoms with E-state index in [1.165, 1.54) is 6.92 Å². The Morgan fingerprint density at radius 3 is 2.91 bits per heavy atom. The molecule has 6 heteroatoms. The molecule has 2 N–H and O–H groups in total. The number of benzene rings is 2. The average molecular weight is 394 g/mol. The second-order valence-corrected chi connectivity index (χ2v) is 6.85. The molecular formula is C17H11BrClFN2O. The smallest absolute Gasteiger partial charge is 0.221 e. The van der Waals surface area contributed by atoms with E-state index in [1.807, 2.05) is 24.3 Å². The van der Waals surface area contributed by atoms with Crippen molar-refractivity contribution in [1.29, 1.82) is 0 Å². The average Bonchev–Trinajstić information content (AvgIpc) is 3.01. The summed E-state index contributed by atoms with van der Waals surface area (Å²) < 4.78 is 14.9. The number of aromatic amines is 1. The van der Waals surface area contributed by atoms with Crippen LogP contribution in [-0.2, 0) is 11.2 Å². The van der Waals surface area contributed by atoms with Crippen LogP contribution in [0.3, 0.4) is 0 Å². The number of carbonyl (C=O) groups excluding carboxylic acids is 1. The molecule has 3 nitrogen and oxygen atoms in total. The molecule has 4 rings (SSSR count). The molecule has 0 saturated heterocycles. The van der Waals surface area contributed by atoms with E-state index in [1.54, 1.807) is 0 Å². The Balaban J connectivity index is 1.89. The van der Waals surface area contributed by atoms with Gasteiger partial charge < -0.3 is 10.3 Å². The summed E-state index contributed by atoms with van der Waals surface area (Å²) >= 11 is 9.27. The van der Waals surface area contributed by atoms with Gasteiger partial charge in [0.05, 0.1) is 16.2 Å². The number of aromatic nitrogens is 1. The van der Waals surface area contributed by atoms with Crippen LogP contribution in [0.5, 0.6) is 0 Å². The molecule has 1 aliphatic carbocycles. The van der Waals surface area contributed by atoms with Crippen LogP contribution in [0.1, 0.15) is 18.1 Å². The van der Waals surface area contributed by atoms with Gasteiger partial charge in [0.1, 0.15) is 0 Å². The van der Waals surface area contributed by atoms with Crippen LogP contribution in [0.4, 0.5) is 10.1 Å². The fourth-order valence-corrected chi connectivity index (χ4v) is 3.71. The fraction of sp³-hybridized carbons (Fsp3) is 0.118. The minimum atomic E-state index is -0.443. The van der Waals surface area contributed by atoms with Gasteiger partial charge in [-0.3, -0.25) is 4.79 Å². The molecule has 1 amide bonds. The Kier molecular flexibility index (Phi) is 3.25. The molecule has 2 aromatic carbocycles. The first-order chi connectivity index (χ1) is 11.0. The fourth-order valence-electron chi connectivity index (χ4n) is 3.16. The normalized spacial score (nSPS) is 12.3. The molecule has 0 atom stereocenters. The van der Waals surface area contributed by atoms with Crippen molar-refractivity contribution in [2.75, 3.05) is 5.32 Å². The summed E-state index contributed by atoms with van der Waals surface area (Å²) in [6, 6.07) is 7.59. The topological polar surface area (TPSA) is 44.9 Å². The second kappa shape index (κ2) is 5.08. The van der Waals surface area contributed by atoms with Crippen molar-refractivity contribution in [3.8, 4) is 11.3 Å². The Bertz CT molecular complexity index is 996. The van der Waals surface area contributed by atoms with Gasteiger partial charge in [0, 0.05) is 34.5 Å². The van der Waals surface area contributed by atoms with Gasteiger partial charge in [-0.25, -0.2) is 4.39 Å². The van der Waals surface area contributed by atoms with Crippen molar-refractivity contribution in [2.24, 2.45) is 0 Å². The van der Waals surface area contributed by atoms with Gasteiger partial charge in [0.15, 0.2) is 5.82 Å². The van der Waals surface area contributed by atoms with Crippen molar-refractivity contribution in [2.45, 2.75) is 13.3 Å². The third kappa shape index (κ3) is 2.18. The first-order valence-corrected chi connectivity index (χ1v) is 8.21. The molecule has 0 unspecified atom stereocenters. The highest BCUT2D eigenvalue weighted by molar-refractivity contribution is 9.10. The van der Waals surface area contributed by atoms with E-state index < -0.39 is 5.82 Å². The van der Waals surface area contributed by atoms with Crippen LogP contribution in [0.2, 0.25) is 5.02 Å². The summed E-state index contributed by atoms with van der Waals surface area (Å²) in [5.41, 5.74) is 5.28. The maximum absolute atomic E-state index is 14.4. The quantitative estimate of drug-likeness (QED) is 0.426. The SMILES string of the molecule is CC(=O)Nc1ccc2c(c1)Cc1c-2[nH]c2c(F)c(Cl)c(Br)cc12. The third-order valence-corrected chi connectivity index (χ3v) is 5.32. The molecule has 0 aliphatic heterocycles. The number of hydrogen-bond donors (Lipinski definition) is 2. The zero-order valence-electron chi connectivity index (χ0n) is 12.1. The Morgan fingerprint density at radius 2 is 2.17 bits per heavy atom. The predicted molar refractivity (Wildman–Crippen MR) is 93.5 cm³/mol. The molecule has 23 heavy (non-hydrogen) atoms. The van der Waals surface area contributed by atoms with Gasteiger partial charge in [0.25, 0.3) is 0 Å². The van der Waals surface area contributed by atoms with E-state index in [0.29, 0.717) is 16.4 Å². The number of H-pyrrole nitrogens is 1. The lowest BCUT2D eigenvalue weighted by Gasteiger charge is -2.06. The van der Waals surface area contributed by atoms with Crippen LogP contribution in [0, 0.1) is 5.82 Å². The first-order valence-electron chi connectivity index (χ1n) is 7.04. The van der Waals surface area contributed by atoms with Gasteiger partial charge >= 0.3 is 0 Å². The molecule has 0 bridgehead atoms. The zero-order chi connectivity index (χ0) is 16.3. The number of fused-ring (bicyclic) bond motifs is 5. The highest BCUT2D eigenvalue weighted by atomic mass is 79.9. The lowest BCUT2D eigenvalue weighted by atomic mass is 10.1. The largest absolute Gasteiger partial charge is 0.352 e. The summed E-state index contributed by atoms with van der Waals surface area (Å²) in [5, 5.41) is 3.69. The molecule has 0 spiro atoms. The van der Waals surface area contributed by atoms with Crippen LogP contribution in [0.15, 0.2) is 28.7 Å². The molecule has 1 aromatic heterocycles. The molecular weight excluding hydrogens is 383 g/mol. The molecule has 0 saturated carbocycles. The Morgan fingerprint density at radius 1 is 1.39 bits per heavy atom. The van der Waals surface area contributed by atoms with Crippen molar-refractivity contribution in [1.82, 2.24) is 4.98 Å². The van der Waals surface area contributed by atoms with Crippen LogP contribution in [0.25, 0.3) is 22.2 Å². The minimum absolute atomic E-state index is 0.0821. The van der Waals surface area contributed by atoms with Crippen molar-refractivity contribution in [3.05, 3.63) is 50.7 Å². The highest BCUT2D eigenvalue weighted by Gasteiger charge is 2.26. The molecule has 0 radical (unpaired) electrons. The number of rotatable bonds is 1. The number of nitrogens with one attached hydrogen (secondary N) is 2. The standard InChI is InChI=1S/C17H11BrClFN2O/c1-7(23)21-9-2-3-10-8(4-9)5-11-12-6-13(18)14(19)15(20)17(12)22-16(10)11/h2-4,6,22H,5H2,1H3,(H,21,23). The van der Waals surface area contributed by atoms with Crippen molar-refractivity contribution < 1.29 is 9.18 Å². The second-order valence-electron chi connectivity index (χ2n) is 5.62. The predicted octanol–water partition coefficient (Wildman–Crippen LogP) is 5.25. The monoisotopic (exact) mass is 392 g/mol. The van der Waals surface area contributed by atoms with E-state index in [4.69, 9.17) is 11.6 Å². The molecule has 0 fully saturated rings. The van der Waals surface area contributed by atoms with Gasteiger partial charge in [-0.2, -0.15) is 0 Å². The number of halogens is 3. The lowest BCUT2D eigenvalue weighted by Crippen LogP contribution is -2.05. The highest BCUT2D eigenvalue weighted by Crippen LogP contribution is 2.44. The zero-order valence-corrected chi connectivity index (χ0v) is 14.4. The van der Waals surface area contributed by atoms with E-state index in [0.717, 1.165) is 33.5 Å². The number of amides is 1. The molecule has 116 valence electrons. The Hall–Kier alpha value is -1.85. The summed E-state index contributed by atoms with van der Waals surface area (Å²) in [6.45, 7) is 1.48. The summed E-state index contributed by atoms with van der Waals surface area (Å²) in [5.74, 6) is -0.547. The van der Waals surface area contributed by atoms with Crippen molar-refractivity contribution in [3.63, 3.8) is 0 Å². The van der Waals surface area contributed by atoms with Gasteiger partial charge in [-0.1, -0.05) is 17.7 Å². The summed E-state index contributed by atoms with van der Waals surface area (Å²) in [6.07, 6.45) is 0.686. The maximum atomic E-state index is 14.4. The van der Waals surface area contributed by atoms with Gasteiger partial charge in [-0.15, -0.1) is 0 Å². The number of anilines is 1. The molecule has 1 aliphatic rings. The van der Waals surface area contributed by atoms with Crippen LogP contribution in [-0.4, -0.2) is 10.9 Å². The van der Waals surface area contributed by atoms with Crippen LogP contribution < -0.4 is 5.32 Å². The first kappa shape index (κ1) is 14.7. The van der Waals surface area contributed by atoms with E-state index in [2.05, 4.69) is 26.2 Å². The maximum Gasteiger partial charge on any atom is 0.221 e.